The van der Waals surface area contributed by atoms with Crippen molar-refractivity contribution in [2.24, 2.45) is 5.92 Å². The second-order valence-electron chi connectivity index (χ2n) is 6.00. The maximum Gasteiger partial charge on any atom is 0.408 e. The number of nitrogens with one attached hydrogen (secondary N) is 1. The van der Waals surface area contributed by atoms with Gasteiger partial charge in [-0.1, -0.05) is 0 Å². The Kier molecular flexibility index (Phi) is 4.87. The van der Waals surface area contributed by atoms with Crippen LogP contribution in [0.5, 0.6) is 0 Å². The molecule has 1 rings (SSSR count). The van der Waals surface area contributed by atoms with E-state index in [-0.39, 0.29) is 31.6 Å². The highest BCUT2D eigenvalue weighted by atomic mass is 19.3. The van der Waals surface area contributed by atoms with Gasteiger partial charge in [-0.3, -0.25) is 0 Å². The van der Waals surface area contributed by atoms with Gasteiger partial charge in [0, 0.05) is 12.8 Å². The Hall–Kier alpha value is -1.20. The number of carbonyl (C=O) groups is 2. The van der Waals surface area contributed by atoms with Crippen LogP contribution >= 0.6 is 0 Å². The number of hydrogen-bond donors (Lipinski definition) is 1. The van der Waals surface area contributed by atoms with Crippen molar-refractivity contribution in [1.82, 2.24) is 5.32 Å². The zero-order chi connectivity index (χ0) is 14.7. The minimum absolute atomic E-state index is 0.228. The van der Waals surface area contributed by atoms with Crippen molar-refractivity contribution in [2.75, 3.05) is 0 Å². The third-order valence-corrected chi connectivity index (χ3v) is 3.10. The monoisotopic (exact) mass is 277 g/mol. The molecule has 1 saturated carbocycles. The van der Waals surface area contributed by atoms with Crippen molar-refractivity contribution < 1.29 is 23.1 Å². The van der Waals surface area contributed by atoms with E-state index in [2.05, 4.69) is 5.32 Å². The van der Waals surface area contributed by atoms with E-state index in [1.807, 2.05) is 0 Å². The predicted octanol–water partition coefficient (Wildman–Crippen LogP) is 2.90. The van der Waals surface area contributed by atoms with E-state index in [9.17, 15) is 18.4 Å². The molecule has 0 aromatic heterocycles. The minimum Gasteiger partial charge on any atom is -0.444 e. The summed E-state index contributed by atoms with van der Waals surface area (Å²) < 4.78 is 31.1. The highest BCUT2D eigenvalue weighted by Crippen LogP contribution is 2.37. The van der Waals surface area contributed by atoms with Gasteiger partial charge in [0.05, 0.1) is 6.04 Å². The number of ether oxygens (including phenoxy) is 1. The van der Waals surface area contributed by atoms with Gasteiger partial charge in [0.25, 0.3) is 0 Å². The first-order chi connectivity index (χ1) is 8.63. The third-order valence-electron chi connectivity index (χ3n) is 3.10. The topological polar surface area (TPSA) is 55.4 Å². The van der Waals surface area contributed by atoms with Crippen LogP contribution in [0.25, 0.3) is 0 Å². The molecular formula is C13H21F2NO3. The van der Waals surface area contributed by atoms with Gasteiger partial charge in [-0.05, 0) is 39.5 Å². The number of aldehydes is 1. The fourth-order valence-corrected chi connectivity index (χ4v) is 2.13. The first-order valence-corrected chi connectivity index (χ1v) is 6.45. The first kappa shape index (κ1) is 15.9. The van der Waals surface area contributed by atoms with Crippen LogP contribution in [0.15, 0.2) is 0 Å². The molecule has 0 bridgehead atoms. The van der Waals surface area contributed by atoms with Crippen LogP contribution in [0.2, 0.25) is 0 Å². The Balaban J connectivity index is 2.50. The molecule has 0 saturated heterocycles. The van der Waals surface area contributed by atoms with Crippen LogP contribution in [0.4, 0.5) is 13.6 Å². The standard InChI is InChI=1S/C13H21F2NO3/c1-12(2,3)19-11(18)16-10(8-17)9-4-6-13(14,15)7-5-9/h8-10H,4-7H2,1-3H3,(H,16,18). The lowest BCUT2D eigenvalue weighted by Gasteiger charge is -2.32. The molecule has 0 aromatic rings. The van der Waals surface area contributed by atoms with Gasteiger partial charge < -0.3 is 14.8 Å². The Morgan fingerprint density at radius 1 is 1.37 bits per heavy atom. The van der Waals surface area contributed by atoms with Gasteiger partial charge >= 0.3 is 6.09 Å². The molecule has 1 aliphatic carbocycles. The number of carbonyl (C=O) groups excluding carboxylic acids is 2. The fourth-order valence-electron chi connectivity index (χ4n) is 2.13. The summed E-state index contributed by atoms with van der Waals surface area (Å²) in [5, 5.41) is 2.45. The number of hydrogen-bond acceptors (Lipinski definition) is 3. The van der Waals surface area contributed by atoms with Gasteiger partial charge in [-0.25, -0.2) is 13.6 Å². The maximum absolute atomic E-state index is 13.0. The lowest BCUT2D eigenvalue weighted by molar-refractivity contribution is -0.112. The number of alkyl carbamates (subject to hydrolysis) is 1. The van der Waals surface area contributed by atoms with Crippen molar-refractivity contribution in [2.45, 2.75) is 64.0 Å². The molecule has 6 heteroatoms. The minimum atomic E-state index is -2.64. The normalized spacial score (nSPS) is 21.5. The van der Waals surface area contributed by atoms with Gasteiger partial charge in [-0.2, -0.15) is 0 Å². The average Bonchev–Trinajstić information content (AvgIpc) is 2.24. The summed E-state index contributed by atoms with van der Waals surface area (Å²) in [4.78, 5) is 22.6. The summed E-state index contributed by atoms with van der Waals surface area (Å²) in [6.07, 6.45) is -0.117. The van der Waals surface area contributed by atoms with E-state index >= 15 is 0 Å². The Bertz CT molecular complexity index is 329. The van der Waals surface area contributed by atoms with Gasteiger partial charge in [0.15, 0.2) is 0 Å². The number of alkyl halides is 2. The SMILES string of the molecule is CC(C)(C)OC(=O)NC(C=O)C1CCC(F)(F)CC1. The zero-order valence-corrected chi connectivity index (χ0v) is 11.5. The van der Waals surface area contributed by atoms with E-state index in [0.717, 1.165) is 0 Å². The largest absolute Gasteiger partial charge is 0.444 e. The number of halogens is 2. The fraction of sp³-hybridized carbons (Fsp3) is 0.846. The molecule has 19 heavy (non-hydrogen) atoms. The van der Waals surface area contributed by atoms with Crippen LogP contribution in [-0.4, -0.2) is 29.9 Å². The van der Waals surface area contributed by atoms with E-state index in [0.29, 0.717) is 6.29 Å². The quantitative estimate of drug-likeness (QED) is 0.807. The molecule has 1 atom stereocenters. The summed E-state index contributed by atoms with van der Waals surface area (Å²) in [6.45, 7) is 5.14. The first-order valence-electron chi connectivity index (χ1n) is 6.45. The maximum atomic E-state index is 13.0. The molecule has 0 spiro atoms. The summed E-state index contributed by atoms with van der Waals surface area (Å²) in [7, 11) is 0. The third kappa shape index (κ3) is 5.53. The van der Waals surface area contributed by atoms with E-state index in [1.165, 1.54) is 0 Å². The molecule has 1 aliphatic rings. The second kappa shape index (κ2) is 5.84. The Morgan fingerprint density at radius 3 is 2.32 bits per heavy atom. The van der Waals surface area contributed by atoms with Crippen LogP contribution in [0.1, 0.15) is 46.5 Å². The molecule has 1 N–H and O–H groups in total. The van der Waals surface area contributed by atoms with Crippen LogP contribution in [0.3, 0.4) is 0 Å². The van der Waals surface area contributed by atoms with Crippen LogP contribution in [0, 0.1) is 5.92 Å². The Labute approximate surface area is 111 Å². The van der Waals surface area contributed by atoms with E-state index in [1.54, 1.807) is 20.8 Å². The molecule has 110 valence electrons. The van der Waals surface area contributed by atoms with Gasteiger partial charge in [0.1, 0.15) is 11.9 Å². The molecule has 4 nitrogen and oxygen atoms in total. The van der Waals surface area contributed by atoms with Crippen molar-refractivity contribution in [1.29, 1.82) is 0 Å². The van der Waals surface area contributed by atoms with Crippen molar-refractivity contribution in [3.05, 3.63) is 0 Å². The summed E-state index contributed by atoms with van der Waals surface area (Å²) in [5.74, 6) is -2.89. The molecular weight excluding hydrogens is 256 g/mol. The van der Waals surface area contributed by atoms with Crippen molar-refractivity contribution >= 4 is 12.4 Å². The molecule has 1 amide bonds. The highest BCUT2D eigenvalue weighted by molar-refractivity contribution is 5.73. The van der Waals surface area contributed by atoms with Gasteiger partial charge in [0.2, 0.25) is 5.92 Å². The molecule has 1 fully saturated rings. The summed E-state index contributed by atoms with van der Waals surface area (Å²) in [5.41, 5.74) is -0.656. The second-order valence-corrected chi connectivity index (χ2v) is 6.00. The van der Waals surface area contributed by atoms with Crippen molar-refractivity contribution in [3.8, 4) is 0 Å². The lowest BCUT2D eigenvalue weighted by Crippen LogP contribution is -2.45. The molecule has 0 aromatic carbocycles. The van der Waals surface area contributed by atoms with E-state index < -0.39 is 23.7 Å². The Morgan fingerprint density at radius 2 is 1.89 bits per heavy atom. The number of amides is 1. The molecule has 0 radical (unpaired) electrons. The molecule has 0 heterocycles. The van der Waals surface area contributed by atoms with Gasteiger partial charge in [-0.15, -0.1) is 0 Å². The van der Waals surface area contributed by atoms with Crippen LogP contribution in [-0.2, 0) is 9.53 Å². The summed E-state index contributed by atoms with van der Waals surface area (Å²) in [6, 6.07) is -0.758. The molecule has 1 unspecified atom stereocenters. The number of rotatable bonds is 3. The highest BCUT2D eigenvalue weighted by Gasteiger charge is 2.38. The van der Waals surface area contributed by atoms with E-state index in [4.69, 9.17) is 4.74 Å². The van der Waals surface area contributed by atoms with Crippen molar-refractivity contribution in [3.63, 3.8) is 0 Å². The zero-order valence-electron chi connectivity index (χ0n) is 11.5. The predicted molar refractivity (Wildman–Crippen MR) is 66.1 cm³/mol. The van der Waals surface area contributed by atoms with Crippen LogP contribution < -0.4 is 5.32 Å². The molecule has 0 aliphatic heterocycles. The smallest absolute Gasteiger partial charge is 0.408 e. The lowest BCUT2D eigenvalue weighted by atomic mass is 9.82. The average molecular weight is 277 g/mol. The summed E-state index contributed by atoms with van der Waals surface area (Å²) >= 11 is 0.